The van der Waals surface area contributed by atoms with E-state index in [4.69, 9.17) is 9.39 Å². The number of hydrogen-bond donors (Lipinski definition) is 0. The third-order valence-electron chi connectivity index (χ3n) is 1.56. The summed E-state index contributed by atoms with van der Waals surface area (Å²) >= 11 is 0. The first kappa shape index (κ1) is 7.16. The van der Waals surface area contributed by atoms with Crippen LogP contribution in [0, 0.1) is 0 Å². The maximum atomic E-state index is 5.26. The molecule has 0 aromatic heterocycles. The first-order chi connectivity index (χ1) is 4.27. The highest BCUT2D eigenvalue weighted by Gasteiger charge is 2.32. The lowest BCUT2D eigenvalue weighted by molar-refractivity contribution is -0.0372. The lowest BCUT2D eigenvalue weighted by Gasteiger charge is -2.37. The van der Waals surface area contributed by atoms with Crippen LogP contribution in [-0.4, -0.2) is 35.1 Å². The maximum Gasteiger partial charge on any atom is 0.271 e. The molecule has 0 aromatic carbocycles. The predicted octanol–water partition coefficient (Wildman–Crippen LogP) is -0.775. The third kappa shape index (κ3) is 1.73. The van der Waals surface area contributed by atoms with Gasteiger partial charge in [-0.05, 0) is 0 Å². The zero-order valence-electron chi connectivity index (χ0n) is 6.14. The zero-order valence-corrected chi connectivity index (χ0v) is 6.14. The van der Waals surface area contributed by atoms with Crippen molar-refractivity contribution in [1.29, 1.82) is 0 Å². The van der Waals surface area contributed by atoms with Crippen LogP contribution in [0.1, 0.15) is 0 Å². The van der Waals surface area contributed by atoms with Crippen LogP contribution in [0.5, 0.6) is 0 Å². The largest absolute Gasteiger partial charge is 0.440 e. The van der Waals surface area contributed by atoms with Gasteiger partial charge >= 0.3 is 0 Å². The van der Waals surface area contributed by atoms with E-state index >= 15 is 0 Å². The van der Waals surface area contributed by atoms with Crippen molar-refractivity contribution in [3.05, 3.63) is 0 Å². The molecule has 1 aliphatic rings. The Morgan fingerprint density at radius 2 is 2.44 bits per heavy atom. The molecule has 0 saturated carbocycles. The van der Waals surface area contributed by atoms with Crippen molar-refractivity contribution in [1.82, 2.24) is 0 Å². The van der Waals surface area contributed by atoms with Crippen molar-refractivity contribution in [2.24, 2.45) is 0 Å². The van der Waals surface area contributed by atoms with Gasteiger partial charge in [-0.15, -0.1) is 0 Å². The van der Waals surface area contributed by atoms with Crippen LogP contribution in [0.2, 0.25) is 12.1 Å². The second kappa shape index (κ2) is 2.76. The summed E-state index contributed by atoms with van der Waals surface area (Å²) in [6, 6.07) is 0. The van der Waals surface area contributed by atoms with Crippen molar-refractivity contribution in [3.63, 3.8) is 0 Å². The number of rotatable bonds is 3. The smallest absolute Gasteiger partial charge is 0.271 e. The SMILES string of the molecule is BC1(COBC)COC1. The van der Waals surface area contributed by atoms with Gasteiger partial charge in [-0.2, -0.15) is 0 Å². The molecule has 0 radical (unpaired) electrons. The van der Waals surface area contributed by atoms with Crippen molar-refractivity contribution in [2.75, 3.05) is 19.8 Å². The minimum absolute atomic E-state index is 0.329. The van der Waals surface area contributed by atoms with Gasteiger partial charge in [0.05, 0.1) is 0 Å². The van der Waals surface area contributed by atoms with Gasteiger partial charge in [-0.1, -0.05) is 6.82 Å². The molecular formula is C5H12B2O2. The van der Waals surface area contributed by atoms with Gasteiger partial charge in [0.25, 0.3) is 7.48 Å². The summed E-state index contributed by atoms with van der Waals surface area (Å²) in [5.74, 6) is 0. The van der Waals surface area contributed by atoms with E-state index in [2.05, 4.69) is 7.85 Å². The summed E-state index contributed by atoms with van der Waals surface area (Å²) in [5, 5.41) is 0.329. The van der Waals surface area contributed by atoms with Crippen LogP contribution in [0.25, 0.3) is 0 Å². The molecule has 0 spiro atoms. The molecule has 0 amide bonds. The van der Waals surface area contributed by atoms with Gasteiger partial charge in [-0.3, -0.25) is 0 Å². The Balaban J connectivity index is 2.09. The first-order valence-electron chi connectivity index (χ1n) is 3.42. The van der Waals surface area contributed by atoms with E-state index in [1.807, 2.05) is 6.82 Å². The van der Waals surface area contributed by atoms with E-state index in [9.17, 15) is 0 Å². The summed E-state index contributed by atoms with van der Waals surface area (Å²) < 4.78 is 10.3. The normalized spacial score (nSPS) is 22.8. The Morgan fingerprint density at radius 3 is 2.78 bits per heavy atom. The van der Waals surface area contributed by atoms with Crippen LogP contribution in [0.4, 0.5) is 0 Å². The molecule has 1 saturated heterocycles. The van der Waals surface area contributed by atoms with Crippen LogP contribution in [0.15, 0.2) is 0 Å². The fourth-order valence-corrected chi connectivity index (χ4v) is 0.882. The Bertz CT molecular complexity index is 93.0. The van der Waals surface area contributed by atoms with Crippen molar-refractivity contribution in [2.45, 2.75) is 12.1 Å². The topological polar surface area (TPSA) is 18.5 Å². The third-order valence-corrected chi connectivity index (χ3v) is 1.56. The van der Waals surface area contributed by atoms with E-state index in [0.29, 0.717) is 5.31 Å². The number of hydrogen-bond acceptors (Lipinski definition) is 2. The fraction of sp³-hybridized carbons (Fsp3) is 1.00. The molecule has 0 atom stereocenters. The van der Waals surface area contributed by atoms with Gasteiger partial charge in [0.2, 0.25) is 0 Å². The van der Waals surface area contributed by atoms with Gasteiger partial charge in [-0.25, -0.2) is 0 Å². The lowest BCUT2D eigenvalue weighted by Crippen LogP contribution is -2.40. The Hall–Kier alpha value is 0.0499. The molecule has 1 aliphatic heterocycles. The van der Waals surface area contributed by atoms with Gasteiger partial charge < -0.3 is 9.39 Å². The Kier molecular flexibility index (Phi) is 2.19. The van der Waals surface area contributed by atoms with Crippen LogP contribution in [0.3, 0.4) is 0 Å². The first-order valence-corrected chi connectivity index (χ1v) is 3.42. The van der Waals surface area contributed by atoms with E-state index < -0.39 is 0 Å². The molecule has 0 aliphatic carbocycles. The van der Waals surface area contributed by atoms with Crippen LogP contribution >= 0.6 is 0 Å². The number of ether oxygens (including phenoxy) is 1. The average Bonchev–Trinajstić information content (AvgIpc) is 1.79. The maximum absolute atomic E-state index is 5.26. The monoisotopic (exact) mass is 126 g/mol. The van der Waals surface area contributed by atoms with Crippen molar-refractivity contribution < 1.29 is 9.39 Å². The molecule has 1 heterocycles. The summed E-state index contributed by atoms with van der Waals surface area (Å²) in [6.45, 7) is 4.60. The highest BCUT2D eigenvalue weighted by Crippen LogP contribution is 2.30. The van der Waals surface area contributed by atoms with Gasteiger partial charge in [0.15, 0.2) is 0 Å². The lowest BCUT2D eigenvalue weighted by atomic mass is 9.68. The Labute approximate surface area is 57.6 Å². The zero-order chi connectivity index (χ0) is 6.74. The molecule has 0 aromatic rings. The highest BCUT2D eigenvalue weighted by molar-refractivity contribution is 6.25. The summed E-state index contributed by atoms with van der Waals surface area (Å²) in [6.07, 6.45) is 0. The highest BCUT2D eigenvalue weighted by atomic mass is 16.5. The molecule has 0 N–H and O–H groups in total. The van der Waals surface area contributed by atoms with Crippen molar-refractivity contribution in [3.8, 4) is 0 Å². The molecule has 2 nitrogen and oxygen atoms in total. The van der Waals surface area contributed by atoms with Crippen LogP contribution < -0.4 is 0 Å². The van der Waals surface area contributed by atoms with E-state index in [1.165, 1.54) is 0 Å². The van der Waals surface area contributed by atoms with E-state index in [0.717, 1.165) is 27.3 Å². The molecule has 0 bridgehead atoms. The van der Waals surface area contributed by atoms with Crippen LogP contribution in [-0.2, 0) is 9.39 Å². The van der Waals surface area contributed by atoms with Crippen molar-refractivity contribution >= 4 is 15.3 Å². The van der Waals surface area contributed by atoms with E-state index in [-0.39, 0.29) is 0 Å². The minimum atomic E-state index is 0.329. The summed E-state index contributed by atoms with van der Waals surface area (Å²) in [4.78, 5) is 0. The molecule has 4 heteroatoms. The second-order valence-electron chi connectivity index (χ2n) is 2.94. The molecular weight excluding hydrogens is 114 g/mol. The second-order valence-corrected chi connectivity index (χ2v) is 2.94. The molecule has 9 heavy (non-hydrogen) atoms. The summed E-state index contributed by atoms with van der Waals surface area (Å²) in [5.41, 5.74) is 0. The molecule has 0 unspecified atom stereocenters. The molecule has 50 valence electrons. The minimum Gasteiger partial charge on any atom is -0.440 e. The quantitative estimate of drug-likeness (QED) is 0.462. The van der Waals surface area contributed by atoms with Gasteiger partial charge in [0, 0.05) is 25.1 Å². The predicted molar refractivity (Wildman–Crippen MR) is 41.0 cm³/mol. The fourth-order valence-electron chi connectivity index (χ4n) is 0.882. The molecule has 1 fully saturated rings. The standard InChI is InChI=1S/C5H12B2O2/c1-7-9-4-5(6)2-8-3-5/h7H,2-4,6H2,1H3. The summed E-state index contributed by atoms with van der Waals surface area (Å²) in [7, 11) is 3.00. The Morgan fingerprint density at radius 1 is 1.78 bits per heavy atom. The average molecular weight is 126 g/mol. The molecule has 1 rings (SSSR count). The van der Waals surface area contributed by atoms with Gasteiger partial charge in [0.1, 0.15) is 7.85 Å². The van der Waals surface area contributed by atoms with E-state index in [1.54, 1.807) is 0 Å².